The third-order valence-electron chi connectivity index (χ3n) is 2.80. The van der Waals surface area contributed by atoms with E-state index in [0.29, 0.717) is 4.47 Å². The summed E-state index contributed by atoms with van der Waals surface area (Å²) in [6.45, 7) is 5.75. The highest BCUT2D eigenvalue weighted by atomic mass is 79.9. The van der Waals surface area contributed by atoms with Crippen molar-refractivity contribution >= 4 is 33.6 Å². The van der Waals surface area contributed by atoms with Crippen molar-refractivity contribution in [1.82, 2.24) is 5.32 Å². The highest BCUT2D eigenvalue weighted by Crippen LogP contribution is 2.21. The number of carboxylic acid groups (broad SMARTS) is 1. The van der Waals surface area contributed by atoms with Gasteiger partial charge >= 0.3 is 12.0 Å². The average Bonchev–Trinajstić information content (AvgIpc) is 2.30. The number of aromatic carboxylic acids is 1. The number of carbonyl (C=O) groups excluding carboxylic acids is 1. The molecule has 0 atom stereocenters. The molecular formula is C13H17BrN2O3. The molecule has 0 aliphatic carbocycles. The molecular weight excluding hydrogens is 312 g/mol. The molecule has 0 saturated heterocycles. The Morgan fingerprint density at radius 3 is 2.53 bits per heavy atom. The van der Waals surface area contributed by atoms with Crippen LogP contribution in [0.5, 0.6) is 0 Å². The lowest BCUT2D eigenvalue weighted by Gasteiger charge is -2.24. The minimum Gasteiger partial charge on any atom is -0.478 e. The second-order valence-electron chi connectivity index (χ2n) is 4.81. The van der Waals surface area contributed by atoms with E-state index in [1.54, 1.807) is 12.1 Å². The Balaban J connectivity index is 2.88. The molecule has 104 valence electrons. The van der Waals surface area contributed by atoms with Crippen LogP contribution in [0.3, 0.4) is 0 Å². The lowest BCUT2D eigenvalue weighted by Crippen LogP contribution is -2.45. The first kappa shape index (κ1) is 15.5. The number of rotatable bonds is 4. The van der Waals surface area contributed by atoms with Crippen molar-refractivity contribution in [1.29, 1.82) is 0 Å². The molecule has 0 spiro atoms. The third kappa shape index (κ3) is 4.55. The average molecular weight is 329 g/mol. The van der Waals surface area contributed by atoms with Crippen LogP contribution in [0.25, 0.3) is 0 Å². The first-order chi connectivity index (χ1) is 8.75. The predicted octanol–water partition coefficient (Wildman–Crippen LogP) is 3.46. The molecule has 0 fully saturated rings. The molecule has 1 rings (SSSR count). The number of urea groups is 1. The largest absolute Gasteiger partial charge is 0.478 e. The number of benzene rings is 1. The molecule has 3 N–H and O–H groups in total. The van der Waals surface area contributed by atoms with Crippen molar-refractivity contribution in [2.45, 2.75) is 32.7 Å². The molecule has 0 unspecified atom stereocenters. The van der Waals surface area contributed by atoms with E-state index in [4.69, 9.17) is 5.11 Å². The van der Waals surface area contributed by atoms with Gasteiger partial charge in [0.25, 0.3) is 0 Å². The highest BCUT2D eigenvalue weighted by molar-refractivity contribution is 9.10. The van der Waals surface area contributed by atoms with Gasteiger partial charge in [-0.2, -0.15) is 0 Å². The Morgan fingerprint density at radius 1 is 1.37 bits per heavy atom. The topological polar surface area (TPSA) is 78.4 Å². The molecule has 1 aromatic rings. The first-order valence-electron chi connectivity index (χ1n) is 5.87. The van der Waals surface area contributed by atoms with Crippen molar-refractivity contribution in [2.24, 2.45) is 0 Å². The Kier molecular flexibility index (Phi) is 4.94. The second kappa shape index (κ2) is 6.06. The van der Waals surface area contributed by atoms with Crippen LogP contribution in [0.4, 0.5) is 10.5 Å². The van der Waals surface area contributed by atoms with Crippen LogP contribution < -0.4 is 10.6 Å². The second-order valence-corrected chi connectivity index (χ2v) is 5.73. The maximum Gasteiger partial charge on any atom is 0.337 e. The van der Waals surface area contributed by atoms with Crippen molar-refractivity contribution in [3.8, 4) is 0 Å². The van der Waals surface area contributed by atoms with Crippen molar-refractivity contribution < 1.29 is 14.7 Å². The van der Waals surface area contributed by atoms with Gasteiger partial charge in [0.2, 0.25) is 0 Å². The number of hydrogen-bond donors (Lipinski definition) is 3. The van der Waals surface area contributed by atoms with Gasteiger partial charge in [0.05, 0.1) is 11.3 Å². The van der Waals surface area contributed by atoms with E-state index in [9.17, 15) is 9.59 Å². The normalized spacial score (nSPS) is 10.9. The zero-order chi connectivity index (χ0) is 14.6. The van der Waals surface area contributed by atoms with E-state index in [0.717, 1.165) is 6.42 Å². The van der Waals surface area contributed by atoms with Crippen LogP contribution in [0.1, 0.15) is 37.6 Å². The Labute approximate surface area is 120 Å². The maximum absolute atomic E-state index is 11.8. The van der Waals surface area contributed by atoms with E-state index in [1.807, 2.05) is 20.8 Å². The number of carbonyl (C=O) groups is 2. The monoisotopic (exact) mass is 328 g/mol. The number of carboxylic acids is 1. The van der Waals surface area contributed by atoms with E-state index in [1.165, 1.54) is 6.07 Å². The fraction of sp³-hybridized carbons (Fsp3) is 0.385. The quantitative estimate of drug-likeness (QED) is 0.791. The molecule has 0 aliphatic heterocycles. The molecule has 2 amide bonds. The van der Waals surface area contributed by atoms with Gasteiger partial charge in [-0.05, 0) is 38.5 Å². The number of anilines is 1. The van der Waals surface area contributed by atoms with E-state index in [-0.39, 0.29) is 16.8 Å². The SMILES string of the molecule is CCC(C)(C)NC(=O)Nc1ccc(Br)cc1C(=O)O. The summed E-state index contributed by atoms with van der Waals surface area (Å²) in [5.74, 6) is -1.09. The fourth-order valence-corrected chi connectivity index (χ4v) is 1.71. The van der Waals surface area contributed by atoms with Crippen molar-refractivity contribution in [3.63, 3.8) is 0 Å². The van der Waals surface area contributed by atoms with Gasteiger partial charge in [-0.25, -0.2) is 9.59 Å². The summed E-state index contributed by atoms with van der Waals surface area (Å²) in [4.78, 5) is 22.9. The Bertz CT molecular complexity index is 501. The van der Waals surface area contributed by atoms with E-state index in [2.05, 4.69) is 26.6 Å². The van der Waals surface area contributed by atoms with Gasteiger partial charge in [-0.15, -0.1) is 0 Å². The molecule has 1 aromatic carbocycles. The first-order valence-corrected chi connectivity index (χ1v) is 6.66. The molecule has 0 saturated carbocycles. The summed E-state index contributed by atoms with van der Waals surface area (Å²) in [5, 5.41) is 14.4. The minimum atomic E-state index is -1.09. The highest BCUT2D eigenvalue weighted by Gasteiger charge is 2.19. The lowest BCUT2D eigenvalue weighted by molar-refractivity contribution is 0.0698. The molecule has 5 nitrogen and oxygen atoms in total. The van der Waals surface area contributed by atoms with Crippen LogP contribution in [0.15, 0.2) is 22.7 Å². The lowest BCUT2D eigenvalue weighted by atomic mass is 10.0. The van der Waals surface area contributed by atoms with Crippen LogP contribution >= 0.6 is 15.9 Å². The number of halogens is 1. The summed E-state index contributed by atoms with van der Waals surface area (Å²) >= 11 is 3.20. The number of amides is 2. The summed E-state index contributed by atoms with van der Waals surface area (Å²) in [5.41, 5.74) is -0.0398. The van der Waals surface area contributed by atoms with Crippen molar-refractivity contribution in [2.75, 3.05) is 5.32 Å². The fourth-order valence-electron chi connectivity index (χ4n) is 1.35. The molecule has 6 heteroatoms. The predicted molar refractivity (Wildman–Crippen MR) is 77.6 cm³/mol. The zero-order valence-electron chi connectivity index (χ0n) is 11.1. The molecule has 0 bridgehead atoms. The van der Waals surface area contributed by atoms with Crippen LogP contribution in [-0.4, -0.2) is 22.6 Å². The molecule has 19 heavy (non-hydrogen) atoms. The zero-order valence-corrected chi connectivity index (χ0v) is 12.7. The Morgan fingerprint density at radius 2 is 2.00 bits per heavy atom. The molecule has 0 aliphatic rings. The van der Waals surface area contributed by atoms with Gasteiger partial charge in [-0.3, -0.25) is 0 Å². The van der Waals surface area contributed by atoms with Crippen LogP contribution in [0.2, 0.25) is 0 Å². The maximum atomic E-state index is 11.8. The summed E-state index contributed by atoms with van der Waals surface area (Å²) in [6.07, 6.45) is 0.770. The smallest absolute Gasteiger partial charge is 0.337 e. The summed E-state index contributed by atoms with van der Waals surface area (Å²) < 4.78 is 0.643. The minimum absolute atomic E-state index is 0.0406. The molecule has 0 aromatic heterocycles. The van der Waals surface area contributed by atoms with Crippen molar-refractivity contribution in [3.05, 3.63) is 28.2 Å². The number of hydrogen-bond acceptors (Lipinski definition) is 2. The van der Waals surface area contributed by atoms with E-state index >= 15 is 0 Å². The van der Waals surface area contributed by atoms with Gasteiger partial charge < -0.3 is 15.7 Å². The van der Waals surface area contributed by atoms with Gasteiger partial charge in [0, 0.05) is 10.0 Å². The van der Waals surface area contributed by atoms with E-state index < -0.39 is 12.0 Å². The van der Waals surface area contributed by atoms with Gasteiger partial charge in [0.1, 0.15) is 0 Å². The standard InChI is InChI=1S/C13H17BrN2O3/c1-4-13(2,3)16-12(19)15-10-6-5-8(14)7-9(10)11(17)18/h5-7H,4H2,1-3H3,(H,17,18)(H2,15,16,19). The van der Waals surface area contributed by atoms with Crippen LogP contribution in [0, 0.1) is 0 Å². The van der Waals surface area contributed by atoms with Crippen LogP contribution in [-0.2, 0) is 0 Å². The van der Waals surface area contributed by atoms with Gasteiger partial charge in [0.15, 0.2) is 0 Å². The number of nitrogens with one attached hydrogen (secondary N) is 2. The molecule has 0 radical (unpaired) electrons. The molecule has 0 heterocycles. The third-order valence-corrected chi connectivity index (χ3v) is 3.29. The van der Waals surface area contributed by atoms with Gasteiger partial charge in [-0.1, -0.05) is 22.9 Å². The summed E-state index contributed by atoms with van der Waals surface area (Å²) in [6, 6.07) is 4.25. The summed E-state index contributed by atoms with van der Waals surface area (Å²) in [7, 11) is 0. The Hall–Kier alpha value is -1.56.